The van der Waals surface area contributed by atoms with Crippen LogP contribution in [0.3, 0.4) is 0 Å². The molecule has 0 fully saturated rings. The highest BCUT2D eigenvalue weighted by Crippen LogP contribution is 2.37. The standard InChI is InChI=1S/C15H13BrClNOS/c16-13-7-6-12(20-13)15(17)10-4-5-11-9(8-10)2-1-3-14(19)18-11/h4-8,15H,1-3H2,(H,18,19). The summed E-state index contributed by atoms with van der Waals surface area (Å²) < 4.78 is 1.08. The fourth-order valence-electron chi connectivity index (χ4n) is 2.38. The van der Waals surface area contributed by atoms with Gasteiger partial charge < -0.3 is 5.32 Å². The van der Waals surface area contributed by atoms with E-state index >= 15 is 0 Å². The van der Waals surface area contributed by atoms with Crippen molar-refractivity contribution in [1.82, 2.24) is 0 Å². The van der Waals surface area contributed by atoms with E-state index < -0.39 is 0 Å². The molecule has 2 heterocycles. The minimum Gasteiger partial charge on any atom is -0.326 e. The van der Waals surface area contributed by atoms with Gasteiger partial charge in [-0.15, -0.1) is 22.9 Å². The molecule has 1 amide bonds. The summed E-state index contributed by atoms with van der Waals surface area (Å²) in [6.45, 7) is 0. The number of thiophene rings is 1. The van der Waals surface area contributed by atoms with E-state index in [2.05, 4.69) is 27.3 Å². The third-order valence-corrected chi connectivity index (χ3v) is 5.69. The first-order chi connectivity index (χ1) is 9.63. The summed E-state index contributed by atoms with van der Waals surface area (Å²) in [7, 11) is 0. The van der Waals surface area contributed by atoms with Gasteiger partial charge in [-0.25, -0.2) is 0 Å². The maximum atomic E-state index is 11.5. The van der Waals surface area contributed by atoms with Crippen molar-refractivity contribution in [3.8, 4) is 0 Å². The van der Waals surface area contributed by atoms with E-state index in [1.807, 2.05) is 24.3 Å². The molecule has 1 atom stereocenters. The van der Waals surface area contributed by atoms with Crippen molar-refractivity contribution >= 4 is 50.5 Å². The second-order valence-electron chi connectivity index (χ2n) is 4.82. The Morgan fingerprint density at radius 1 is 1.25 bits per heavy atom. The van der Waals surface area contributed by atoms with Crippen molar-refractivity contribution in [1.29, 1.82) is 0 Å². The average molecular weight is 371 g/mol. The number of halogens is 2. The van der Waals surface area contributed by atoms with Crippen LogP contribution in [0.25, 0.3) is 0 Å². The van der Waals surface area contributed by atoms with Crippen LogP contribution in [0.1, 0.15) is 34.2 Å². The van der Waals surface area contributed by atoms with Gasteiger partial charge in [0.15, 0.2) is 0 Å². The minimum absolute atomic E-state index is 0.0983. The van der Waals surface area contributed by atoms with Crippen molar-refractivity contribution < 1.29 is 4.79 Å². The molecule has 20 heavy (non-hydrogen) atoms. The Hall–Kier alpha value is -0.840. The van der Waals surface area contributed by atoms with Crippen LogP contribution in [0.15, 0.2) is 34.1 Å². The number of carbonyl (C=O) groups is 1. The largest absolute Gasteiger partial charge is 0.326 e. The van der Waals surface area contributed by atoms with Crippen LogP contribution < -0.4 is 5.32 Å². The molecule has 1 aromatic heterocycles. The van der Waals surface area contributed by atoms with Gasteiger partial charge in [-0.3, -0.25) is 4.79 Å². The molecular weight excluding hydrogens is 358 g/mol. The van der Waals surface area contributed by atoms with Crippen LogP contribution in [0.2, 0.25) is 0 Å². The van der Waals surface area contributed by atoms with Crippen LogP contribution in [-0.4, -0.2) is 5.91 Å². The number of anilines is 1. The molecule has 0 saturated heterocycles. The molecule has 2 nitrogen and oxygen atoms in total. The van der Waals surface area contributed by atoms with Crippen molar-refractivity contribution in [3.63, 3.8) is 0 Å². The topological polar surface area (TPSA) is 29.1 Å². The molecule has 5 heteroatoms. The first-order valence-corrected chi connectivity index (χ1v) is 8.50. The first-order valence-electron chi connectivity index (χ1n) is 6.45. The maximum Gasteiger partial charge on any atom is 0.224 e. The minimum atomic E-state index is -0.143. The van der Waals surface area contributed by atoms with Crippen molar-refractivity contribution in [2.75, 3.05) is 5.32 Å². The summed E-state index contributed by atoms with van der Waals surface area (Å²) in [5, 5.41) is 2.80. The molecule has 1 aliphatic heterocycles. The third kappa shape index (κ3) is 2.92. The normalized spacial score (nSPS) is 16.2. The predicted molar refractivity (Wildman–Crippen MR) is 87.7 cm³/mol. The molecule has 0 saturated carbocycles. The number of carbonyl (C=O) groups excluding carboxylic acids is 1. The molecule has 0 aliphatic carbocycles. The number of benzene rings is 1. The van der Waals surface area contributed by atoms with Gasteiger partial charge in [0.2, 0.25) is 5.91 Å². The Balaban J connectivity index is 1.92. The fourth-order valence-corrected chi connectivity index (χ4v) is 4.15. The molecule has 2 aromatic rings. The van der Waals surface area contributed by atoms with Crippen LogP contribution in [0.4, 0.5) is 5.69 Å². The molecule has 3 rings (SSSR count). The third-order valence-electron chi connectivity index (χ3n) is 3.39. The van der Waals surface area contributed by atoms with Crippen LogP contribution in [0.5, 0.6) is 0 Å². The highest BCUT2D eigenvalue weighted by Gasteiger charge is 2.17. The van der Waals surface area contributed by atoms with E-state index in [1.165, 1.54) is 5.56 Å². The lowest BCUT2D eigenvalue weighted by molar-refractivity contribution is -0.116. The van der Waals surface area contributed by atoms with E-state index in [0.717, 1.165) is 32.8 Å². The van der Waals surface area contributed by atoms with Crippen molar-refractivity contribution in [2.45, 2.75) is 24.6 Å². The van der Waals surface area contributed by atoms with Gasteiger partial charge in [-0.05, 0) is 58.1 Å². The number of alkyl halides is 1. The molecular formula is C15H13BrClNOS. The van der Waals surface area contributed by atoms with Gasteiger partial charge >= 0.3 is 0 Å². The summed E-state index contributed by atoms with van der Waals surface area (Å²) >= 11 is 11.7. The highest BCUT2D eigenvalue weighted by molar-refractivity contribution is 9.11. The Bertz CT molecular complexity index is 655. The summed E-state index contributed by atoms with van der Waals surface area (Å²) in [6, 6.07) is 10.1. The Morgan fingerprint density at radius 3 is 2.85 bits per heavy atom. The number of hydrogen-bond donors (Lipinski definition) is 1. The summed E-state index contributed by atoms with van der Waals surface area (Å²) in [5.74, 6) is 0.0983. The van der Waals surface area contributed by atoms with Crippen LogP contribution in [0, 0.1) is 0 Å². The second-order valence-corrected chi connectivity index (χ2v) is 7.75. The van der Waals surface area contributed by atoms with E-state index in [0.29, 0.717) is 6.42 Å². The summed E-state index contributed by atoms with van der Waals surface area (Å²) in [4.78, 5) is 12.7. The molecule has 0 spiro atoms. The lowest BCUT2D eigenvalue weighted by Crippen LogP contribution is -2.09. The number of rotatable bonds is 2. The molecule has 104 valence electrons. The van der Waals surface area contributed by atoms with Gasteiger partial charge in [0.25, 0.3) is 0 Å². The number of nitrogens with one attached hydrogen (secondary N) is 1. The first kappa shape index (κ1) is 14.1. The lowest BCUT2D eigenvalue weighted by atomic mass is 10.0. The van der Waals surface area contributed by atoms with Crippen molar-refractivity contribution in [3.05, 3.63) is 50.1 Å². The Kier molecular flexibility index (Phi) is 4.15. The number of fused-ring (bicyclic) bond motifs is 1. The van der Waals surface area contributed by atoms with Gasteiger partial charge in [0.05, 0.1) is 9.16 Å². The van der Waals surface area contributed by atoms with Gasteiger partial charge in [0, 0.05) is 17.0 Å². The second kappa shape index (κ2) is 5.88. The quantitative estimate of drug-likeness (QED) is 0.731. The van der Waals surface area contributed by atoms with Gasteiger partial charge in [-0.2, -0.15) is 0 Å². The van der Waals surface area contributed by atoms with Gasteiger partial charge in [-0.1, -0.05) is 12.1 Å². The molecule has 1 aliphatic rings. The zero-order chi connectivity index (χ0) is 14.1. The maximum absolute atomic E-state index is 11.5. The molecule has 1 N–H and O–H groups in total. The smallest absolute Gasteiger partial charge is 0.224 e. The fraction of sp³-hybridized carbons (Fsp3) is 0.267. The van der Waals surface area contributed by atoms with Crippen LogP contribution in [-0.2, 0) is 11.2 Å². The lowest BCUT2D eigenvalue weighted by Gasteiger charge is -2.12. The number of aryl methyl sites for hydroxylation is 1. The number of hydrogen-bond acceptors (Lipinski definition) is 2. The van der Waals surface area contributed by atoms with E-state index in [-0.39, 0.29) is 11.3 Å². The van der Waals surface area contributed by atoms with E-state index in [4.69, 9.17) is 11.6 Å². The molecule has 1 unspecified atom stereocenters. The summed E-state index contributed by atoms with van der Waals surface area (Å²) in [6.07, 6.45) is 2.39. The molecule has 1 aromatic carbocycles. The van der Waals surface area contributed by atoms with E-state index in [1.54, 1.807) is 11.3 Å². The SMILES string of the molecule is O=C1CCCc2cc(C(Cl)c3ccc(Br)s3)ccc2N1. The van der Waals surface area contributed by atoms with Gasteiger partial charge in [0.1, 0.15) is 0 Å². The highest BCUT2D eigenvalue weighted by atomic mass is 79.9. The van der Waals surface area contributed by atoms with Crippen LogP contribution >= 0.6 is 38.9 Å². The molecule has 0 radical (unpaired) electrons. The Labute approximate surface area is 135 Å². The average Bonchev–Trinajstić information content (AvgIpc) is 2.77. The van der Waals surface area contributed by atoms with E-state index in [9.17, 15) is 4.79 Å². The zero-order valence-corrected chi connectivity index (χ0v) is 13.8. The summed E-state index contributed by atoms with van der Waals surface area (Å²) in [5.41, 5.74) is 3.18. The van der Waals surface area contributed by atoms with Crippen molar-refractivity contribution in [2.24, 2.45) is 0 Å². The predicted octanol–water partition coefficient (Wildman–Crippen LogP) is 5.11. The number of amides is 1. The monoisotopic (exact) mass is 369 g/mol. The molecule has 0 bridgehead atoms. The Morgan fingerprint density at radius 2 is 2.10 bits per heavy atom. The zero-order valence-electron chi connectivity index (χ0n) is 10.7.